The third kappa shape index (κ3) is 2.15. The summed E-state index contributed by atoms with van der Waals surface area (Å²) in [5.41, 5.74) is 3.11. The van der Waals surface area contributed by atoms with Gasteiger partial charge in [0.25, 0.3) is 0 Å². The van der Waals surface area contributed by atoms with Crippen molar-refractivity contribution in [3.05, 3.63) is 42.1 Å². The van der Waals surface area contributed by atoms with Gasteiger partial charge in [0.2, 0.25) is 0 Å². The number of rotatable bonds is 3. The van der Waals surface area contributed by atoms with Gasteiger partial charge in [0.15, 0.2) is 0 Å². The van der Waals surface area contributed by atoms with Crippen molar-refractivity contribution in [3.63, 3.8) is 0 Å². The van der Waals surface area contributed by atoms with E-state index in [4.69, 9.17) is 5.26 Å². The molecule has 0 unspecified atom stereocenters. The summed E-state index contributed by atoms with van der Waals surface area (Å²) in [6.07, 6.45) is 1.90. The summed E-state index contributed by atoms with van der Waals surface area (Å²) in [5, 5.41) is 13.8. The molecule has 0 atom stereocenters. The molecule has 3 nitrogen and oxygen atoms in total. The van der Waals surface area contributed by atoms with E-state index in [9.17, 15) is 0 Å². The molecule has 2 aromatic rings. The van der Waals surface area contributed by atoms with E-state index in [1.165, 1.54) is 0 Å². The highest BCUT2D eigenvalue weighted by Crippen LogP contribution is 2.23. The number of alkyl halides is 1. The van der Waals surface area contributed by atoms with Crippen molar-refractivity contribution in [2.24, 2.45) is 0 Å². The molecule has 0 aliphatic rings. The normalized spacial score (nSPS) is 10.0. The first kappa shape index (κ1) is 10.9. The number of benzene rings is 1. The maximum absolute atomic E-state index is 8.64. The molecule has 1 aromatic carbocycles. The van der Waals surface area contributed by atoms with Gasteiger partial charge in [-0.2, -0.15) is 10.4 Å². The highest BCUT2D eigenvalue weighted by atomic mass is 79.9. The van der Waals surface area contributed by atoms with E-state index in [0.717, 1.165) is 22.2 Å². The third-order valence-corrected chi connectivity index (χ3v) is 2.87. The fourth-order valence-electron chi connectivity index (χ4n) is 1.55. The van der Waals surface area contributed by atoms with Crippen LogP contribution >= 0.6 is 15.9 Å². The fraction of sp³-hybridized carbons (Fsp3) is 0.167. The molecule has 0 aliphatic carbocycles. The van der Waals surface area contributed by atoms with Crippen LogP contribution in [-0.4, -0.2) is 9.78 Å². The monoisotopic (exact) mass is 275 g/mol. The Morgan fingerprint density at radius 3 is 2.69 bits per heavy atom. The van der Waals surface area contributed by atoms with Crippen LogP contribution in [0.15, 0.2) is 36.5 Å². The van der Waals surface area contributed by atoms with Gasteiger partial charge in [-0.25, -0.2) is 0 Å². The van der Waals surface area contributed by atoms with E-state index in [0.29, 0.717) is 0 Å². The van der Waals surface area contributed by atoms with Gasteiger partial charge in [-0.3, -0.25) is 4.68 Å². The Labute approximate surface area is 102 Å². The minimum atomic E-state index is 0.285. The van der Waals surface area contributed by atoms with Gasteiger partial charge in [0.05, 0.1) is 11.8 Å². The second kappa shape index (κ2) is 4.95. The number of halogens is 1. The van der Waals surface area contributed by atoms with Gasteiger partial charge in [-0.15, -0.1) is 0 Å². The van der Waals surface area contributed by atoms with Gasteiger partial charge in [0, 0.05) is 22.7 Å². The van der Waals surface area contributed by atoms with Crippen molar-refractivity contribution in [3.8, 4) is 17.3 Å². The van der Waals surface area contributed by atoms with Crippen LogP contribution in [0, 0.1) is 11.3 Å². The smallest absolute Gasteiger partial charge is 0.128 e. The van der Waals surface area contributed by atoms with Crippen LogP contribution in [0.1, 0.15) is 5.56 Å². The maximum Gasteiger partial charge on any atom is 0.128 e. The average molecular weight is 276 g/mol. The quantitative estimate of drug-likeness (QED) is 0.809. The lowest BCUT2D eigenvalue weighted by Gasteiger charge is -1.98. The van der Waals surface area contributed by atoms with Gasteiger partial charge in [-0.05, 0) is 0 Å². The summed E-state index contributed by atoms with van der Waals surface area (Å²) in [5.74, 6) is 0. The Kier molecular flexibility index (Phi) is 3.37. The Morgan fingerprint density at radius 2 is 2.06 bits per heavy atom. The molecule has 1 aromatic heterocycles. The molecule has 80 valence electrons. The summed E-state index contributed by atoms with van der Waals surface area (Å²) >= 11 is 3.43. The molecule has 0 amide bonds. The molecule has 0 radical (unpaired) electrons. The van der Waals surface area contributed by atoms with E-state index in [2.05, 4.69) is 27.1 Å². The van der Waals surface area contributed by atoms with Crippen LogP contribution < -0.4 is 0 Å². The van der Waals surface area contributed by atoms with Crippen molar-refractivity contribution in [1.82, 2.24) is 9.78 Å². The summed E-state index contributed by atoms with van der Waals surface area (Å²) in [6.45, 7) is 0.285. The first-order valence-electron chi connectivity index (χ1n) is 4.90. The lowest BCUT2D eigenvalue weighted by molar-refractivity contribution is 0.712. The van der Waals surface area contributed by atoms with E-state index >= 15 is 0 Å². The van der Waals surface area contributed by atoms with Crippen LogP contribution in [0.2, 0.25) is 0 Å². The molecule has 0 aliphatic heterocycles. The Balaban J connectivity index is 2.44. The molecular formula is C12H10BrN3. The van der Waals surface area contributed by atoms with Crippen molar-refractivity contribution in [2.75, 3.05) is 0 Å². The zero-order valence-corrected chi connectivity index (χ0v) is 10.2. The minimum Gasteiger partial charge on any atom is -0.258 e. The molecule has 0 saturated heterocycles. The molecule has 16 heavy (non-hydrogen) atoms. The molecule has 0 spiro atoms. The van der Waals surface area contributed by atoms with Gasteiger partial charge in [0.1, 0.15) is 6.54 Å². The van der Waals surface area contributed by atoms with E-state index in [-0.39, 0.29) is 6.54 Å². The number of hydrogen-bond donors (Lipinski definition) is 0. The lowest BCUT2D eigenvalue weighted by Crippen LogP contribution is -1.95. The van der Waals surface area contributed by atoms with Gasteiger partial charge < -0.3 is 0 Å². The number of aromatic nitrogens is 2. The molecule has 0 saturated carbocycles. The van der Waals surface area contributed by atoms with Crippen molar-refractivity contribution < 1.29 is 0 Å². The summed E-state index contributed by atoms with van der Waals surface area (Å²) in [4.78, 5) is 0. The van der Waals surface area contributed by atoms with Gasteiger partial charge in [-0.1, -0.05) is 46.3 Å². The second-order valence-electron chi connectivity index (χ2n) is 3.36. The van der Waals surface area contributed by atoms with Crippen molar-refractivity contribution >= 4 is 15.9 Å². The zero-order valence-electron chi connectivity index (χ0n) is 8.60. The van der Waals surface area contributed by atoms with Crippen LogP contribution in [0.4, 0.5) is 0 Å². The molecule has 0 N–H and O–H groups in total. The second-order valence-corrected chi connectivity index (χ2v) is 3.92. The molecular weight excluding hydrogens is 266 g/mol. The standard InChI is InChI=1S/C12H10BrN3/c13-8-11-9-16(7-6-14)15-12(11)10-4-2-1-3-5-10/h1-5,9H,7-8H2. The predicted octanol–water partition coefficient (Wildman–Crippen LogP) is 2.97. The minimum absolute atomic E-state index is 0.285. The first-order chi connectivity index (χ1) is 7.85. The molecule has 2 rings (SSSR count). The SMILES string of the molecule is N#CCn1cc(CBr)c(-c2ccccc2)n1. The zero-order chi connectivity index (χ0) is 11.4. The number of nitriles is 1. The average Bonchev–Trinajstić information content (AvgIpc) is 2.74. The van der Waals surface area contributed by atoms with E-state index < -0.39 is 0 Å². The highest BCUT2D eigenvalue weighted by molar-refractivity contribution is 9.08. The summed E-state index contributed by atoms with van der Waals surface area (Å²) in [6, 6.07) is 12.1. The van der Waals surface area contributed by atoms with Crippen LogP contribution in [0.25, 0.3) is 11.3 Å². The lowest BCUT2D eigenvalue weighted by atomic mass is 10.1. The van der Waals surface area contributed by atoms with Crippen LogP contribution in [-0.2, 0) is 11.9 Å². The fourth-order valence-corrected chi connectivity index (χ4v) is 1.96. The van der Waals surface area contributed by atoms with Crippen molar-refractivity contribution in [2.45, 2.75) is 11.9 Å². The number of hydrogen-bond acceptors (Lipinski definition) is 2. The summed E-state index contributed by atoms with van der Waals surface area (Å²) in [7, 11) is 0. The van der Waals surface area contributed by atoms with Gasteiger partial charge >= 0.3 is 0 Å². The van der Waals surface area contributed by atoms with Crippen molar-refractivity contribution in [1.29, 1.82) is 5.26 Å². The first-order valence-corrected chi connectivity index (χ1v) is 6.02. The highest BCUT2D eigenvalue weighted by Gasteiger charge is 2.09. The van der Waals surface area contributed by atoms with Crippen LogP contribution in [0.3, 0.4) is 0 Å². The Hall–Kier alpha value is -1.60. The summed E-state index contributed by atoms with van der Waals surface area (Å²) < 4.78 is 1.67. The Morgan fingerprint density at radius 1 is 1.31 bits per heavy atom. The Bertz CT molecular complexity index is 511. The third-order valence-electron chi connectivity index (χ3n) is 2.26. The largest absolute Gasteiger partial charge is 0.258 e. The number of nitrogens with zero attached hydrogens (tertiary/aromatic N) is 3. The molecule has 4 heteroatoms. The van der Waals surface area contributed by atoms with Crippen LogP contribution in [0.5, 0.6) is 0 Å². The topological polar surface area (TPSA) is 41.6 Å². The maximum atomic E-state index is 8.64. The predicted molar refractivity (Wildman–Crippen MR) is 65.9 cm³/mol. The molecule has 1 heterocycles. The molecule has 0 fully saturated rings. The van der Waals surface area contributed by atoms with E-state index in [1.54, 1.807) is 4.68 Å². The van der Waals surface area contributed by atoms with E-state index in [1.807, 2.05) is 36.5 Å². The molecule has 0 bridgehead atoms.